The Labute approximate surface area is 156 Å². The molecule has 1 amide bonds. The van der Waals surface area contributed by atoms with Gasteiger partial charge in [-0.1, -0.05) is 23.2 Å². The van der Waals surface area contributed by atoms with Crippen molar-refractivity contribution in [3.8, 4) is 0 Å². The van der Waals surface area contributed by atoms with Crippen molar-refractivity contribution < 1.29 is 4.79 Å². The number of carbonyl (C=O) groups is 1. The highest BCUT2D eigenvalue weighted by Gasteiger charge is 2.21. The number of nitrogens with zero attached hydrogens (tertiary/aromatic N) is 4. The van der Waals surface area contributed by atoms with Gasteiger partial charge in [0, 0.05) is 49.9 Å². The topological polar surface area (TPSA) is 61.4 Å². The second kappa shape index (κ2) is 7.45. The fraction of sp³-hybridized carbons (Fsp3) is 0.353. The highest BCUT2D eigenvalue weighted by Crippen LogP contribution is 2.28. The Kier molecular flexibility index (Phi) is 5.30. The molecular weight excluding hydrogens is 361 g/mol. The minimum absolute atomic E-state index is 0.101. The molecule has 0 atom stereocenters. The SMILES string of the molecule is CC(=O)N1CCN(c2nc(C)cc(Nc3ccc(Cl)cc3Cl)n2)CC1. The van der Waals surface area contributed by atoms with Gasteiger partial charge in [-0.2, -0.15) is 4.98 Å². The molecule has 132 valence electrons. The third-order valence-corrected chi connectivity index (χ3v) is 4.59. The predicted molar refractivity (Wildman–Crippen MR) is 101 cm³/mol. The van der Waals surface area contributed by atoms with Crippen LogP contribution >= 0.6 is 23.2 Å². The van der Waals surface area contributed by atoms with Crippen LogP contribution in [0.15, 0.2) is 24.3 Å². The molecule has 2 heterocycles. The number of amides is 1. The zero-order chi connectivity index (χ0) is 18.0. The molecule has 0 radical (unpaired) electrons. The van der Waals surface area contributed by atoms with E-state index in [1.807, 2.05) is 24.0 Å². The second-order valence-corrected chi connectivity index (χ2v) is 6.78. The van der Waals surface area contributed by atoms with Crippen LogP contribution in [-0.2, 0) is 4.79 Å². The number of hydrogen-bond donors (Lipinski definition) is 1. The summed E-state index contributed by atoms with van der Waals surface area (Å²) < 4.78 is 0. The molecule has 1 aliphatic rings. The van der Waals surface area contributed by atoms with Crippen LogP contribution in [0.4, 0.5) is 17.5 Å². The van der Waals surface area contributed by atoms with E-state index in [0.717, 1.165) is 11.4 Å². The smallest absolute Gasteiger partial charge is 0.227 e. The van der Waals surface area contributed by atoms with Crippen LogP contribution in [0.25, 0.3) is 0 Å². The number of piperazine rings is 1. The number of halogens is 2. The molecule has 0 saturated carbocycles. The van der Waals surface area contributed by atoms with Crippen LogP contribution in [0.3, 0.4) is 0 Å². The lowest BCUT2D eigenvalue weighted by molar-refractivity contribution is -0.129. The molecule has 1 aliphatic heterocycles. The Hall–Kier alpha value is -2.05. The lowest BCUT2D eigenvalue weighted by atomic mass is 10.3. The summed E-state index contributed by atoms with van der Waals surface area (Å²) in [6, 6.07) is 7.13. The molecule has 0 unspecified atom stereocenters. The van der Waals surface area contributed by atoms with E-state index in [4.69, 9.17) is 23.2 Å². The number of rotatable bonds is 3. The van der Waals surface area contributed by atoms with Crippen LogP contribution in [0.1, 0.15) is 12.6 Å². The fourth-order valence-electron chi connectivity index (χ4n) is 2.71. The van der Waals surface area contributed by atoms with Crippen LogP contribution in [0.5, 0.6) is 0 Å². The maximum absolute atomic E-state index is 11.5. The summed E-state index contributed by atoms with van der Waals surface area (Å²) in [5.74, 6) is 1.42. The molecule has 1 aromatic heterocycles. The Bertz CT molecular complexity index is 791. The molecule has 1 aromatic carbocycles. The maximum atomic E-state index is 11.5. The summed E-state index contributed by atoms with van der Waals surface area (Å²) in [4.78, 5) is 24.5. The van der Waals surface area contributed by atoms with Crippen molar-refractivity contribution in [2.45, 2.75) is 13.8 Å². The van der Waals surface area contributed by atoms with Crippen LogP contribution in [0.2, 0.25) is 10.0 Å². The van der Waals surface area contributed by atoms with Crippen molar-refractivity contribution in [2.75, 3.05) is 36.4 Å². The largest absolute Gasteiger partial charge is 0.339 e. The average Bonchev–Trinajstić information content (AvgIpc) is 2.57. The second-order valence-electron chi connectivity index (χ2n) is 5.94. The van der Waals surface area contributed by atoms with Crippen molar-refractivity contribution in [2.24, 2.45) is 0 Å². The minimum atomic E-state index is 0.101. The Morgan fingerprint density at radius 2 is 1.84 bits per heavy atom. The van der Waals surface area contributed by atoms with E-state index < -0.39 is 0 Å². The molecule has 0 bridgehead atoms. The van der Waals surface area contributed by atoms with Gasteiger partial charge in [-0.3, -0.25) is 4.79 Å². The van der Waals surface area contributed by atoms with Crippen molar-refractivity contribution in [1.29, 1.82) is 0 Å². The van der Waals surface area contributed by atoms with Crippen LogP contribution in [0, 0.1) is 6.92 Å². The molecule has 2 aromatic rings. The van der Waals surface area contributed by atoms with E-state index in [-0.39, 0.29) is 5.91 Å². The number of anilines is 3. The summed E-state index contributed by atoms with van der Waals surface area (Å²) in [5, 5.41) is 4.32. The first-order chi connectivity index (χ1) is 11.9. The highest BCUT2D eigenvalue weighted by molar-refractivity contribution is 6.36. The van der Waals surface area contributed by atoms with Crippen LogP contribution in [-0.4, -0.2) is 47.0 Å². The number of hydrogen-bond acceptors (Lipinski definition) is 5. The van der Waals surface area contributed by atoms with Gasteiger partial charge in [0.2, 0.25) is 11.9 Å². The number of benzene rings is 1. The van der Waals surface area contributed by atoms with Crippen molar-refractivity contribution >= 4 is 46.6 Å². The molecule has 1 N–H and O–H groups in total. The number of carbonyl (C=O) groups excluding carboxylic acids is 1. The molecule has 0 spiro atoms. The van der Waals surface area contributed by atoms with Crippen molar-refractivity contribution in [3.63, 3.8) is 0 Å². The maximum Gasteiger partial charge on any atom is 0.227 e. The molecule has 25 heavy (non-hydrogen) atoms. The molecule has 3 rings (SSSR count). The Morgan fingerprint density at radius 3 is 2.48 bits per heavy atom. The van der Waals surface area contributed by atoms with Gasteiger partial charge in [0.15, 0.2) is 0 Å². The third kappa shape index (κ3) is 4.32. The highest BCUT2D eigenvalue weighted by atomic mass is 35.5. The molecule has 1 saturated heterocycles. The van der Waals surface area contributed by atoms with Gasteiger partial charge in [0.1, 0.15) is 5.82 Å². The first kappa shape index (κ1) is 17.8. The lowest BCUT2D eigenvalue weighted by Gasteiger charge is -2.34. The summed E-state index contributed by atoms with van der Waals surface area (Å²) in [6.45, 7) is 6.30. The van der Waals surface area contributed by atoms with E-state index >= 15 is 0 Å². The minimum Gasteiger partial charge on any atom is -0.339 e. The van der Waals surface area contributed by atoms with Gasteiger partial charge in [0.05, 0.1) is 10.7 Å². The van der Waals surface area contributed by atoms with E-state index in [1.165, 1.54) is 0 Å². The quantitative estimate of drug-likeness (QED) is 0.883. The van der Waals surface area contributed by atoms with Crippen LogP contribution < -0.4 is 10.2 Å². The lowest BCUT2D eigenvalue weighted by Crippen LogP contribution is -2.48. The Morgan fingerprint density at radius 1 is 1.12 bits per heavy atom. The zero-order valence-electron chi connectivity index (χ0n) is 14.1. The monoisotopic (exact) mass is 379 g/mol. The van der Waals surface area contributed by atoms with Gasteiger partial charge >= 0.3 is 0 Å². The van der Waals surface area contributed by atoms with Gasteiger partial charge in [-0.25, -0.2) is 4.98 Å². The first-order valence-corrected chi connectivity index (χ1v) is 8.76. The Balaban J connectivity index is 1.78. The summed E-state index contributed by atoms with van der Waals surface area (Å²) in [6.07, 6.45) is 0. The third-order valence-electron chi connectivity index (χ3n) is 4.04. The zero-order valence-corrected chi connectivity index (χ0v) is 15.6. The van der Waals surface area contributed by atoms with Gasteiger partial charge in [-0.05, 0) is 25.1 Å². The summed E-state index contributed by atoms with van der Waals surface area (Å²) in [7, 11) is 0. The fourth-order valence-corrected chi connectivity index (χ4v) is 3.16. The van der Waals surface area contributed by atoms with Gasteiger partial charge in [0.25, 0.3) is 0 Å². The van der Waals surface area contributed by atoms with Crippen molar-refractivity contribution in [3.05, 3.63) is 40.0 Å². The molecule has 6 nitrogen and oxygen atoms in total. The predicted octanol–water partition coefficient (Wildman–Crippen LogP) is 3.50. The van der Waals surface area contributed by atoms with E-state index in [9.17, 15) is 4.79 Å². The number of nitrogens with one attached hydrogen (secondary N) is 1. The number of aromatic nitrogens is 2. The molecule has 8 heteroatoms. The molecule has 0 aliphatic carbocycles. The molecular formula is C17H19Cl2N5O. The van der Waals surface area contributed by atoms with Gasteiger partial charge < -0.3 is 15.1 Å². The standard InChI is InChI=1S/C17H19Cl2N5O/c1-11-9-16(21-15-4-3-13(18)10-14(15)19)22-17(20-11)24-7-5-23(6-8-24)12(2)25/h3-4,9-10H,5-8H2,1-2H3,(H,20,21,22). The normalized spacial score (nSPS) is 14.6. The van der Waals surface area contributed by atoms with E-state index in [1.54, 1.807) is 19.1 Å². The van der Waals surface area contributed by atoms with E-state index in [2.05, 4.69) is 20.2 Å². The molecule has 1 fully saturated rings. The number of aryl methyl sites for hydroxylation is 1. The van der Waals surface area contributed by atoms with Crippen molar-refractivity contribution in [1.82, 2.24) is 14.9 Å². The summed E-state index contributed by atoms with van der Waals surface area (Å²) >= 11 is 12.1. The summed E-state index contributed by atoms with van der Waals surface area (Å²) in [5.41, 5.74) is 1.59. The van der Waals surface area contributed by atoms with Gasteiger partial charge in [-0.15, -0.1) is 0 Å². The average molecular weight is 380 g/mol. The first-order valence-electron chi connectivity index (χ1n) is 8.00. The van der Waals surface area contributed by atoms with E-state index in [0.29, 0.717) is 48.0 Å².